The zero-order valence-electron chi connectivity index (χ0n) is 18.4. The molecule has 1 aromatic rings. The molecule has 2 heterocycles. The van der Waals surface area contributed by atoms with E-state index in [2.05, 4.69) is 20.8 Å². The van der Waals surface area contributed by atoms with Crippen LogP contribution in [0.15, 0.2) is 22.7 Å². The zero-order valence-corrected chi connectivity index (χ0v) is 19.9. The third-order valence-electron chi connectivity index (χ3n) is 7.37. The SMILES string of the molecule is CN1C(=O)N(C2CCCCC2)C(=O)CC1CN1CCC(Cc2cc(F)ccc2Br)CC1. The number of halogens is 2. The number of likely N-dealkylation sites (tertiary alicyclic amines) is 1. The quantitative estimate of drug-likeness (QED) is 0.589. The van der Waals surface area contributed by atoms with Gasteiger partial charge < -0.3 is 9.80 Å². The molecule has 3 fully saturated rings. The Morgan fingerprint density at radius 3 is 2.48 bits per heavy atom. The van der Waals surface area contributed by atoms with Crippen LogP contribution in [-0.2, 0) is 11.2 Å². The molecule has 0 spiro atoms. The number of nitrogens with zero attached hydrogens (tertiary/aromatic N) is 3. The van der Waals surface area contributed by atoms with E-state index in [0.29, 0.717) is 12.3 Å². The Morgan fingerprint density at radius 2 is 1.77 bits per heavy atom. The number of urea groups is 1. The highest BCUT2D eigenvalue weighted by Crippen LogP contribution is 2.30. The van der Waals surface area contributed by atoms with Gasteiger partial charge in [0.1, 0.15) is 5.82 Å². The molecular weight excluding hydrogens is 461 g/mol. The molecule has 0 bridgehead atoms. The number of carbonyl (C=O) groups excluding carboxylic acids is 2. The lowest BCUT2D eigenvalue weighted by atomic mass is 9.89. The summed E-state index contributed by atoms with van der Waals surface area (Å²) in [5, 5.41) is 0. The van der Waals surface area contributed by atoms with E-state index in [4.69, 9.17) is 0 Å². The zero-order chi connectivity index (χ0) is 22.0. The van der Waals surface area contributed by atoms with Crippen LogP contribution in [-0.4, -0.2) is 65.4 Å². The van der Waals surface area contributed by atoms with Crippen molar-refractivity contribution in [3.05, 3.63) is 34.1 Å². The Labute approximate surface area is 193 Å². The monoisotopic (exact) mass is 493 g/mol. The first kappa shape index (κ1) is 22.7. The first-order valence-corrected chi connectivity index (χ1v) is 12.5. The maximum atomic E-state index is 13.6. The number of benzene rings is 1. The number of amides is 3. The molecule has 0 aromatic heterocycles. The van der Waals surface area contributed by atoms with Gasteiger partial charge in [-0.05, 0) is 74.9 Å². The van der Waals surface area contributed by atoms with E-state index < -0.39 is 0 Å². The minimum Gasteiger partial charge on any atom is -0.323 e. The summed E-state index contributed by atoms with van der Waals surface area (Å²) in [5.41, 5.74) is 1.03. The predicted molar refractivity (Wildman–Crippen MR) is 122 cm³/mol. The smallest absolute Gasteiger partial charge is 0.323 e. The molecule has 3 amide bonds. The van der Waals surface area contributed by atoms with E-state index in [0.717, 1.165) is 74.6 Å². The van der Waals surface area contributed by atoms with Gasteiger partial charge in [0.15, 0.2) is 0 Å². The minimum atomic E-state index is -0.187. The van der Waals surface area contributed by atoms with Gasteiger partial charge in [0.2, 0.25) is 5.91 Å². The fourth-order valence-corrected chi connectivity index (χ4v) is 5.85. The average molecular weight is 494 g/mol. The van der Waals surface area contributed by atoms with Gasteiger partial charge in [0, 0.05) is 30.5 Å². The lowest BCUT2D eigenvalue weighted by Crippen LogP contribution is -2.61. The molecule has 1 unspecified atom stereocenters. The number of rotatable bonds is 5. The molecule has 3 aliphatic rings. The maximum Gasteiger partial charge on any atom is 0.327 e. The lowest BCUT2D eigenvalue weighted by molar-refractivity contribution is -0.135. The van der Waals surface area contributed by atoms with Crippen molar-refractivity contribution in [2.75, 3.05) is 26.7 Å². The second-order valence-corrected chi connectivity index (χ2v) is 10.3. The molecular formula is C24H33BrFN3O2. The van der Waals surface area contributed by atoms with E-state index in [1.807, 2.05) is 7.05 Å². The van der Waals surface area contributed by atoms with Gasteiger partial charge >= 0.3 is 6.03 Å². The largest absolute Gasteiger partial charge is 0.327 e. The van der Waals surface area contributed by atoms with E-state index >= 15 is 0 Å². The van der Waals surface area contributed by atoms with Crippen molar-refractivity contribution < 1.29 is 14.0 Å². The lowest BCUT2D eigenvalue weighted by Gasteiger charge is -2.44. The van der Waals surface area contributed by atoms with Crippen molar-refractivity contribution in [2.24, 2.45) is 5.92 Å². The van der Waals surface area contributed by atoms with Gasteiger partial charge in [0.25, 0.3) is 0 Å². The van der Waals surface area contributed by atoms with Gasteiger partial charge in [-0.25, -0.2) is 9.18 Å². The molecule has 31 heavy (non-hydrogen) atoms. The first-order chi connectivity index (χ1) is 14.9. The van der Waals surface area contributed by atoms with Gasteiger partial charge in [-0.15, -0.1) is 0 Å². The van der Waals surface area contributed by atoms with Crippen LogP contribution >= 0.6 is 15.9 Å². The Hall–Kier alpha value is -1.47. The number of imide groups is 1. The highest BCUT2D eigenvalue weighted by atomic mass is 79.9. The van der Waals surface area contributed by atoms with Crippen LogP contribution in [0.25, 0.3) is 0 Å². The van der Waals surface area contributed by atoms with E-state index in [-0.39, 0.29) is 29.8 Å². The van der Waals surface area contributed by atoms with Crippen molar-refractivity contribution in [1.82, 2.24) is 14.7 Å². The third kappa shape index (κ3) is 5.30. The first-order valence-electron chi connectivity index (χ1n) is 11.7. The summed E-state index contributed by atoms with van der Waals surface area (Å²) in [6.45, 7) is 2.66. The summed E-state index contributed by atoms with van der Waals surface area (Å²) in [7, 11) is 1.85. The summed E-state index contributed by atoms with van der Waals surface area (Å²) in [6, 6.07) is 4.82. The minimum absolute atomic E-state index is 0.00541. The standard InChI is InChI=1S/C24H33BrFN3O2/c1-27-21(15-23(30)29(24(27)31)20-5-3-2-4-6-20)16-28-11-9-17(10-12-28)13-18-14-19(26)7-8-22(18)25/h7-8,14,17,20-21H,2-6,9-13,15-16H2,1H3. The molecule has 0 N–H and O–H groups in total. The van der Waals surface area contributed by atoms with Gasteiger partial charge in [-0.3, -0.25) is 9.69 Å². The topological polar surface area (TPSA) is 43.9 Å². The molecule has 4 rings (SSSR count). The van der Waals surface area contributed by atoms with Crippen LogP contribution in [0.2, 0.25) is 0 Å². The average Bonchev–Trinajstić information content (AvgIpc) is 2.76. The van der Waals surface area contributed by atoms with Gasteiger partial charge in [-0.2, -0.15) is 0 Å². The maximum absolute atomic E-state index is 13.6. The van der Waals surface area contributed by atoms with Crippen LogP contribution in [0.5, 0.6) is 0 Å². The normalized spacial score (nSPS) is 24.8. The van der Waals surface area contributed by atoms with Crippen LogP contribution < -0.4 is 0 Å². The van der Waals surface area contributed by atoms with Gasteiger partial charge in [-0.1, -0.05) is 35.2 Å². The summed E-state index contributed by atoms with van der Waals surface area (Å²) in [6.07, 6.45) is 8.72. The fraction of sp³-hybridized carbons (Fsp3) is 0.667. The van der Waals surface area contributed by atoms with Crippen LogP contribution in [0, 0.1) is 11.7 Å². The number of likely N-dealkylation sites (N-methyl/N-ethyl adjacent to an activating group) is 1. The second kappa shape index (κ2) is 9.99. The number of hydrogen-bond donors (Lipinski definition) is 0. The Kier molecular flexibility index (Phi) is 7.32. The Morgan fingerprint density at radius 1 is 1.06 bits per heavy atom. The molecule has 5 nitrogen and oxygen atoms in total. The van der Waals surface area contributed by atoms with E-state index in [1.165, 1.54) is 12.5 Å². The highest BCUT2D eigenvalue weighted by Gasteiger charge is 2.41. The summed E-state index contributed by atoms with van der Waals surface area (Å²) >= 11 is 3.54. The van der Waals surface area contributed by atoms with E-state index in [9.17, 15) is 14.0 Å². The van der Waals surface area contributed by atoms with Crippen LogP contribution in [0.1, 0.15) is 56.9 Å². The number of piperidine rings is 1. The molecule has 1 aromatic carbocycles. The molecule has 2 aliphatic heterocycles. The summed E-state index contributed by atoms with van der Waals surface area (Å²) < 4.78 is 14.5. The molecule has 1 atom stereocenters. The van der Waals surface area contributed by atoms with Gasteiger partial charge in [0.05, 0.1) is 6.04 Å². The summed E-state index contributed by atoms with van der Waals surface area (Å²) in [5.74, 6) is 0.349. The Balaban J connectivity index is 1.29. The number of hydrogen-bond acceptors (Lipinski definition) is 3. The molecule has 0 radical (unpaired) electrons. The summed E-state index contributed by atoms with van der Waals surface area (Å²) in [4.78, 5) is 31.6. The fourth-order valence-electron chi connectivity index (χ4n) is 5.44. The van der Waals surface area contributed by atoms with Crippen molar-refractivity contribution >= 4 is 27.9 Å². The highest BCUT2D eigenvalue weighted by molar-refractivity contribution is 9.10. The predicted octanol–water partition coefficient (Wildman–Crippen LogP) is 4.83. The second-order valence-electron chi connectivity index (χ2n) is 9.49. The molecule has 1 saturated carbocycles. The molecule has 2 saturated heterocycles. The molecule has 170 valence electrons. The van der Waals surface area contributed by atoms with Crippen molar-refractivity contribution in [2.45, 2.75) is 69.9 Å². The van der Waals surface area contributed by atoms with Crippen molar-refractivity contribution in [3.63, 3.8) is 0 Å². The van der Waals surface area contributed by atoms with Crippen LogP contribution in [0.4, 0.5) is 9.18 Å². The van der Waals surface area contributed by atoms with Crippen molar-refractivity contribution in [1.29, 1.82) is 0 Å². The Bertz CT molecular complexity index is 806. The van der Waals surface area contributed by atoms with E-state index in [1.54, 1.807) is 21.9 Å². The molecule has 7 heteroatoms. The van der Waals surface area contributed by atoms with Crippen molar-refractivity contribution in [3.8, 4) is 0 Å². The molecule has 1 aliphatic carbocycles. The van der Waals surface area contributed by atoms with Crippen LogP contribution in [0.3, 0.4) is 0 Å². The number of carbonyl (C=O) groups is 2. The third-order valence-corrected chi connectivity index (χ3v) is 8.14.